The van der Waals surface area contributed by atoms with Crippen LogP contribution in [0.3, 0.4) is 0 Å². The number of amides is 1. The lowest BCUT2D eigenvalue weighted by Gasteiger charge is -2.20. The van der Waals surface area contributed by atoms with Crippen LogP contribution in [0.5, 0.6) is 11.5 Å². The summed E-state index contributed by atoms with van der Waals surface area (Å²) in [4.78, 5) is 18.0. The number of carbonyl (C=O) groups is 1. The number of benzene rings is 2. The number of hydrogen-bond acceptors (Lipinski definition) is 8. The molecule has 10 nitrogen and oxygen atoms in total. The molecule has 0 saturated carbocycles. The van der Waals surface area contributed by atoms with Crippen LogP contribution in [0.15, 0.2) is 51.9 Å². The van der Waals surface area contributed by atoms with E-state index in [0.717, 1.165) is 5.75 Å². The van der Waals surface area contributed by atoms with Crippen LogP contribution in [0.2, 0.25) is 0 Å². The number of nitrogens with zero attached hydrogens (tertiary/aromatic N) is 3. The van der Waals surface area contributed by atoms with E-state index in [1.807, 2.05) is 6.92 Å². The Morgan fingerprint density at radius 1 is 1.18 bits per heavy atom. The van der Waals surface area contributed by atoms with Crippen molar-refractivity contribution < 1.29 is 27.2 Å². The van der Waals surface area contributed by atoms with Gasteiger partial charge in [0.2, 0.25) is 27.6 Å². The lowest BCUT2D eigenvalue weighted by molar-refractivity contribution is -0.117. The van der Waals surface area contributed by atoms with E-state index in [9.17, 15) is 13.2 Å². The second-order valence-corrected chi connectivity index (χ2v) is 9.04. The highest BCUT2D eigenvalue weighted by Crippen LogP contribution is 2.33. The number of hydrogen-bond donors (Lipinski definition) is 1. The smallest absolute Gasteiger partial charge is 0.242 e. The fourth-order valence-electron chi connectivity index (χ4n) is 3.50. The first-order valence-electron chi connectivity index (χ1n) is 10.4. The molecule has 0 radical (unpaired) electrons. The van der Waals surface area contributed by atoms with Crippen molar-refractivity contribution in [3.8, 4) is 22.9 Å². The Hall–Kier alpha value is -3.44. The minimum Gasteiger partial charge on any atom is -0.495 e. The quantitative estimate of drug-likeness (QED) is 0.504. The van der Waals surface area contributed by atoms with Crippen LogP contribution in [0.4, 0.5) is 5.69 Å². The molecule has 0 aliphatic carbocycles. The zero-order valence-electron chi connectivity index (χ0n) is 18.3. The average molecular weight is 473 g/mol. The average Bonchev–Trinajstić information content (AvgIpc) is 3.47. The number of methoxy groups -OCH3 is 1. The molecule has 11 heteroatoms. The SMILES string of the molecule is CCOc1ccc(-c2noc(CNS(=O)(=O)c3ccc(OC)c(N4CCCC4=O)c3)n2)cc1. The summed E-state index contributed by atoms with van der Waals surface area (Å²) in [6.07, 6.45) is 1.14. The molecule has 33 heavy (non-hydrogen) atoms. The molecule has 1 saturated heterocycles. The zero-order valence-corrected chi connectivity index (χ0v) is 19.1. The Morgan fingerprint density at radius 2 is 1.97 bits per heavy atom. The van der Waals surface area contributed by atoms with Crippen LogP contribution in [-0.2, 0) is 21.4 Å². The maximum Gasteiger partial charge on any atom is 0.242 e. The predicted octanol–water partition coefficient (Wildman–Crippen LogP) is 2.75. The van der Waals surface area contributed by atoms with Crippen LogP contribution in [0.25, 0.3) is 11.4 Å². The maximum atomic E-state index is 12.9. The van der Waals surface area contributed by atoms with Gasteiger partial charge < -0.3 is 18.9 Å². The standard InChI is InChI=1S/C22H24N4O6S/c1-3-31-16-8-6-15(7-9-16)22-24-20(32-25-22)14-23-33(28,29)17-10-11-19(30-2)18(13-17)26-12-4-5-21(26)27/h6-11,13,23H,3-5,12,14H2,1-2H3. The van der Waals surface area contributed by atoms with Crippen molar-refractivity contribution >= 4 is 21.6 Å². The summed E-state index contributed by atoms with van der Waals surface area (Å²) in [6, 6.07) is 11.6. The third kappa shape index (κ3) is 4.99. The van der Waals surface area contributed by atoms with Gasteiger partial charge in [-0.2, -0.15) is 4.98 Å². The van der Waals surface area contributed by atoms with E-state index in [-0.39, 0.29) is 23.2 Å². The summed E-state index contributed by atoms with van der Waals surface area (Å²) in [5, 5.41) is 3.91. The summed E-state index contributed by atoms with van der Waals surface area (Å²) >= 11 is 0. The highest BCUT2D eigenvalue weighted by molar-refractivity contribution is 7.89. The lowest BCUT2D eigenvalue weighted by Crippen LogP contribution is -2.26. The number of ether oxygens (including phenoxy) is 2. The van der Waals surface area contributed by atoms with Crippen LogP contribution in [-0.4, -0.2) is 44.7 Å². The number of sulfonamides is 1. The summed E-state index contributed by atoms with van der Waals surface area (Å²) < 4.78 is 44.1. The third-order valence-electron chi connectivity index (χ3n) is 5.13. The van der Waals surface area contributed by atoms with Crippen LogP contribution >= 0.6 is 0 Å². The monoisotopic (exact) mass is 472 g/mol. The van der Waals surface area contributed by atoms with Crippen molar-refractivity contribution in [2.75, 3.05) is 25.2 Å². The van der Waals surface area contributed by atoms with Crippen molar-refractivity contribution in [3.05, 3.63) is 48.4 Å². The molecule has 0 unspecified atom stereocenters. The van der Waals surface area contributed by atoms with Crippen molar-refractivity contribution in [1.82, 2.24) is 14.9 Å². The summed E-state index contributed by atoms with van der Waals surface area (Å²) in [7, 11) is -2.43. The Balaban J connectivity index is 1.48. The molecule has 1 aliphatic rings. The van der Waals surface area contributed by atoms with Gasteiger partial charge in [0, 0.05) is 18.5 Å². The maximum absolute atomic E-state index is 12.9. The van der Waals surface area contributed by atoms with Crippen LogP contribution < -0.4 is 19.1 Å². The van der Waals surface area contributed by atoms with Gasteiger partial charge in [-0.3, -0.25) is 4.79 Å². The second kappa shape index (κ2) is 9.59. The Bertz CT molecular complexity index is 1240. The molecular weight excluding hydrogens is 448 g/mol. The van der Waals surface area contributed by atoms with Gasteiger partial charge in [-0.25, -0.2) is 13.1 Å². The van der Waals surface area contributed by atoms with E-state index in [1.54, 1.807) is 29.2 Å². The summed E-state index contributed by atoms with van der Waals surface area (Å²) in [5.41, 5.74) is 1.14. The molecule has 0 atom stereocenters. The van der Waals surface area contributed by atoms with Crippen molar-refractivity contribution in [2.45, 2.75) is 31.2 Å². The molecule has 4 rings (SSSR count). The van der Waals surface area contributed by atoms with E-state index in [4.69, 9.17) is 14.0 Å². The van der Waals surface area contributed by atoms with E-state index in [0.29, 0.717) is 48.8 Å². The van der Waals surface area contributed by atoms with E-state index >= 15 is 0 Å². The topological polar surface area (TPSA) is 124 Å². The second-order valence-electron chi connectivity index (χ2n) is 7.28. The predicted molar refractivity (Wildman–Crippen MR) is 120 cm³/mol. The molecule has 2 aromatic carbocycles. The lowest BCUT2D eigenvalue weighted by atomic mass is 10.2. The zero-order chi connectivity index (χ0) is 23.4. The van der Waals surface area contributed by atoms with Crippen molar-refractivity contribution in [3.63, 3.8) is 0 Å². The third-order valence-corrected chi connectivity index (χ3v) is 6.53. The molecule has 1 fully saturated rings. The summed E-state index contributed by atoms with van der Waals surface area (Å²) in [6.45, 7) is 2.80. The number of carbonyl (C=O) groups excluding carboxylic acids is 1. The largest absolute Gasteiger partial charge is 0.495 e. The van der Waals surface area contributed by atoms with Gasteiger partial charge in [-0.05, 0) is 55.8 Å². The molecular formula is C22H24N4O6S. The fraction of sp³-hybridized carbons (Fsp3) is 0.318. The normalized spacial score (nSPS) is 14.0. The molecule has 2 heterocycles. The van der Waals surface area contributed by atoms with Crippen molar-refractivity contribution in [1.29, 1.82) is 0 Å². The van der Waals surface area contributed by atoms with Crippen LogP contribution in [0.1, 0.15) is 25.7 Å². The molecule has 1 N–H and O–H groups in total. The number of nitrogens with one attached hydrogen (secondary N) is 1. The Kier molecular flexibility index (Phi) is 6.61. The van der Waals surface area contributed by atoms with E-state index < -0.39 is 10.0 Å². The molecule has 1 aliphatic heterocycles. The van der Waals surface area contributed by atoms with Gasteiger partial charge in [0.05, 0.1) is 30.8 Å². The first-order valence-corrected chi connectivity index (χ1v) is 11.9. The molecule has 3 aromatic rings. The van der Waals surface area contributed by atoms with Gasteiger partial charge in [0.15, 0.2) is 0 Å². The van der Waals surface area contributed by atoms with Crippen LogP contribution in [0, 0.1) is 0 Å². The van der Waals surface area contributed by atoms with E-state index in [1.165, 1.54) is 25.3 Å². The van der Waals surface area contributed by atoms with Gasteiger partial charge in [-0.1, -0.05) is 5.16 Å². The number of rotatable bonds is 9. The van der Waals surface area contributed by atoms with E-state index in [2.05, 4.69) is 14.9 Å². The van der Waals surface area contributed by atoms with Gasteiger partial charge in [-0.15, -0.1) is 0 Å². The molecule has 1 amide bonds. The highest BCUT2D eigenvalue weighted by Gasteiger charge is 2.26. The number of anilines is 1. The van der Waals surface area contributed by atoms with Gasteiger partial charge >= 0.3 is 0 Å². The summed E-state index contributed by atoms with van der Waals surface area (Å²) in [5.74, 6) is 1.55. The first kappa shape index (κ1) is 22.7. The molecule has 174 valence electrons. The van der Waals surface area contributed by atoms with Crippen molar-refractivity contribution in [2.24, 2.45) is 0 Å². The molecule has 0 spiro atoms. The van der Waals surface area contributed by atoms with Gasteiger partial charge in [0.1, 0.15) is 11.5 Å². The first-order chi connectivity index (χ1) is 15.9. The number of aromatic nitrogens is 2. The molecule has 1 aromatic heterocycles. The fourth-order valence-corrected chi connectivity index (χ4v) is 4.50. The Labute approximate surface area is 191 Å². The van der Waals surface area contributed by atoms with Gasteiger partial charge in [0.25, 0.3) is 0 Å². The highest BCUT2D eigenvalue weighted by atomic mass is 32.2. The minimum absolute atomic E-state index is 0.00394. The Morgan fingerprint density at radius 3 is 2.64 bits per heavy atom. The molecule has 0 bridgehead atoms. The minimum atomic E-state index is -3.91.